The molecule has 3 aliphatic rings. The molecule has 4 radical (unpaired) electrons. The fourth-order valence-electron chi connectivity index (χ4n) is 19.1. The van der Waals surface area contributed by atoms with Crippen molar-refractivity contribution in [1.82, 2.24) is 38.5 Å². The van der Waals surface area contributed by atoms with Gasteiger partial charge in [-0.05, 0) is 179 Å². The van der Waals surface area contributed by atoms with E-state index in [1.165, 1.54) is 145 Å². The molecule has 718 valence electrons. The minimum Gasteiger partial charge on any atom is -0.512 e. The van der Waals surface area contributed by atoms with Gasteiger partial charge >= 0.3 is 0 Å². The summed E-state index contributed by atoms with van der Waals surface area (Å²) >= 11 is 0. The van der Waals surface area contributed by atoms with Crippen molar-refractivity contribution in [2.45, 2.75) is 73.9 Å². The molecule has 10 heterocycles. The Morgan fingerprint density at radius 3 is 1.67 bits per heavy atom. The van der Waals surface area contributed by atoms with Crippen LogP contribution in [-0.2, 0) is 104 Å². The van der Waals surface area contributed by atoms with E-state index < -0.39 is 12.1 Å². The minimum absolute atomic E-state index is 0. The van der Waals surface area contributed by atoms with Crippen LogP contribution < -0.4 is 9.13 Å². The quantitative estimate of drug-likeness (QED) is 0.0528. The zero-order valence-electron chi connectivity index (χ0n) is 88.5. The van der Waals surface area contributed by atoms with Crippen LogP contribution in [0.4, 0.5) is 0 Å². The van der Waals surface area contributed by atoms with Crippen LogP contribution in [0.5, 0.6) is 0 Å². The number of allylic oxidation sites excluding steroid dienone is 2. The summed E-state index contributed by atoms with van der Waals surface area (Å²) in [5, 5.41) is 22.3. The molecule has 16 heteroatoms. The maximum Gasteiger partial charge on any atom is 0.295 e. The van der Waals surface area contributed by atoms with Crippen molar-refractivity contribution < 1.29 is 110 Å². The predicted octanol–water partition coefficient (Wildman–Crippen LogP) is 29.6. The molecule has 0 saturated heterocycles. The maximum atomic E-state index is 10.0. The van der Waals surface area contributed by atoms with Crippen molar-refractivity contribution in [3.8, 4) is 90.4 Å². The molecule has 0 amide bonds. The number of hydrogen-bond donors (Lipinski definition) is 1. The molecule has 0 fully saturated rings. The maximum absolute atomic E-state index is 10.0. The number of aromatic nitrogens is 10. The van der Waals surface area contributed by atoms with E-state index in [4.69, 9.17) is 21.1 Å². The zero-order chi connectivity index (χ0) is 103. The number of fused-ring (bicyclic) bond motifs is 12. The van der Waals surface area contributed by atoms with Gasteiger partial charge in [0.05, 0.1) is 49.0 Å². The second kappa shape index (κ2) is 46.5. The standard InChI is InChI=1S/C25H21N2.C23H15N2.C19H13N2.C18H14N.C15H10N.2C12H10N.C5H8O2.4Ir/c1-15-10-11-21-20(12-15)19-9-5-8-18-13-26-14-22(27(21)25(26)24(18)19)23-16(2)6-4-7-17(23)3;1-2-10-18(11-3-1)23-24-20-14-6-7-15-22(20)25(23)21-16-8-12-17-9-4-5-13-19(17)21;1-2-8-16(9-3-1)19-20-13-14-21(19)18-12-6-10-15-7-4-5-11-17(15)18;1-18(2)14-8-4-3-7-13(14)17-16-12(10-11-19-17)6-5-9-15(16)18;1-2-7-13(8-3-1)15-14-9-5-4-6-12(14)10-11-16-15;1-2-6-11-10(5-1)9-13-8-4-3-7-12(11)13;1-10-7-8-12(13-9-10)11-5-3-2-4-6-11;1-4(6)3-5(2)7;;;;/h4-12,14H,13H2,1-3H3;1-10,12-16H;1-8,10-14H;3-6,8-11H,1-2H3;1-7,9-11H;1-8H,9H2;2-5,7-9H,1H3;3,6H,1-2H3;;;;/q+1;4*-1;+1;-1;;;;;/i;;;;;1D,2D,3D,4D,5D,6D,7D,8D;;;;;;. The first-order chi connectivity index (χ1) is 72.4. The van der Waals surface area contributed by atoms with Gasteiger partial charge in [0.25, 0.3) is 5.65 Å². The molecule has 12 nitrogen and oxygen atoms in total. The van der Waals surface area contributed by atoms with Crippen molar-refractivity contribution in [2.24, 2.45) is 0 Å². The first-order valence-electron chi connectivity index (χ1n) is 50.8. The van der Waals surface area contributed by atoms with Gasteiger partial charge in [-0.25, -0.2) is 4.57 Å². The number of aliphatic hydroxyl groups excluding tert-OH is 1. The van der Waals surface area contributed by atoms with Crippen LogP contribution in [0.3, 0.4) is 0 Å². The first-order valence-corrected chi connectivity index (χ1v) is 46.8. The molecule has 0 saturated carbocycles. The minimum atomic E-state index is -0.411. The summed E-state index contributed by atoms with van der Waals surface area (Å²) in [5.41, 5.74) is 27.7. The monoisotopic (exact) mass is 2600 g/mol. The van der Waals surface area contributed by atoms with Gasteiger partial charge in [0, 0.05) is 179 Å². The smallest absolute Gasteiger partial charge is 0.295 e. The number of carbonyl (C=O) groups excluding carboxylic acids is 1. The molecule has 1 N–H and O–H groups in total. The van der Waals surface area contributed by atoms with Crippen LogP contribution in [0.25, 0.3) is 172 Å². The third-order valence-corrected chi connectivity index (χ3v) is 25.5. The van der Waals surface area contributed by atoms with Gasteiger partial charge in [0.1, 0.15) is 19.6 Å². The second-order valence-electron chi connectivity index (χ2n) is 35.3. The summed E-state index contributed by atoms with van der Waals surface area (Å²) < 4.78 is 73.1. The summed E-state index contributed by atoms with van der Waals surface area (Å²) in [6.07, 6.45) is 12.7. The summed E-state index contributed by atoms with van der Waals surface area (Å²) in [7, 11) is 0. The molecule has 145 heavy (non-hydrogen) atoms. The van der Waals surface area contributed by atoms with Crippen LogP contribution >= 0.6 is 0 Å². The topological polar surface area (TPSA) is 124 Å². The van der Waals surface area contributed by atoms with Gasteiger partial charge in [0.2, 0.25) is 5.69 Å². The van der Waals surface area contributed by atoms with Crippen molar-refractivity contribution in [3.63, 3.8) is 0 Å². The van der Waals surface area contributed by atoms with Crippen molar-refractivity contribution >= 4 is 87.2 Å². The molecule has 16 aromatic carbocycles. The summed E-state index contributed by atoms with van der Waals surface area (Å²) in [6.45, 7) is 17.0. The van der Waals surface area contributed by atoms with E-state index in [2.05, 4.69) is 328 Å². The van der Waals surface area contributed by atoms with Crippen LogP contribution in [0.1, 0.15) is 83.2 Å². The van der Waals surface area contributed by atoms with Gasteiger partial charge in [0.15, 0.2) is 24.2 Å². The Morgan fingerprint density at radius 2 is 0.993 bits per heavy atom. The average molecular weight is 2600 g/mol. The molecular formula is C129H101Ir4N10O2-3. The SMILES string of the molecule is CC(=O)C=C(C)O.CC1(C)c2ccc[c-]c2-c2nccc3cccc1c23.Cc1ccc(-c2[c-]cccc2)nc1.Cc1ccc2c(c1)c1cccc3c1c1n2c(-c2c(C)cccc2C)c[n+]1C3.[2H]c1c([2H])c([2H])c2c(c1[2H])C[n+]1c([2H])c([2H])c([2H])c([2H])c1-2.[Ir].[Ir].[Ir].[Ir].[c-]1ccccc1-c1nc2ccccc2n1-c1cccc2ccccc12.[c-]1ccccc1-c1nccc2ccccc12.[c-]1ccccc1-c1nccn1-c1cccc2ccccc12. The number of rotatable bonds is 8. The van der Waals surface area contributed by atoms with E-state index in [0.29, 0.717) is 5.56 Å². The predicted molar refractivity (Wildman–Crippen MR) is 575 cm³/mol. The van der Waals surface area contributed by atoms with E-state index in [0.717, 1.165) is 85.5 Å². The zero-order valence-corrected chi connectivity index (χ0v) is 90.1. The number of pyridine rings is 5. The van der Waals surface area contributed by atoms with Gasteiger partial charge in [-0.3, -0.25) is 14.8 Å². The average Bonchev–Trinajstić information content (AvgIpc) is 1.65. The Hall–Kier alpha value is -15.1. The number of imidazole rings is 3. The van der Waals surface area contributed by atoms with E-state index in [9.17, 15) is 4.79 Å². The van der Waals surface area contributed by atoms with Crippen molar-refractivity contribution in [1.29, 1.82) is 0 Å². The molecule has 8 aromatic heterocycles. The largest absolute Gasteiger partial charge is 0.512 e. The number of nitrogens with zero attached hydrogens (tertiary/aromatic N) is 10. The van der Waals surface area contributed by atoms with Crippen LogP contribution in [0.2, 0.25) is 0 Å². The van der Waals surface area contributed by atoms with E-state index in [1.807, 2.05) is 165 Å². The summed E-state index contributed by atoms with van der Waals surface area (Å²) in [6, 6.07) is 133. The van der Waals surface area contributed by atoms with Gasteiger partial charge < -0.3 is 29.2 Å². The third-order valence-electron chi connectivity index (χ3n) is 25.5. The van der Waals surface area contributed by atoms with Crippen LogP contribution in [0, 0.1) is 58.0 Å². The second-order valence-corrected chi connectivity index (χ2v) is 35.3. The molecule has 0 spiro atoms. The molecule has 2 aliphatic heterocycles. The number of benzene rings is 16. The van der Waals surface area contributed by atoms with E-state index >= 15 is 0 Å². The normalized spacial score (nSPS) is 12.4. The fourth-order valence-corrected chi connectivity index (χ4v) is 19.1. The Morgan fingerprint density at radius 1 is 0.441 bits per heavy atom. The number of hydrogen-bond acceptors (Lipinski definition) is 7. The van der Waals surface area contributed by atoms with Gasteiger partial charge in [-0.15, -0.1) is 179 Å². The summed E-state index contributed by atoms with van der Waals surface area (Å²) in [5.74, 6) is 1.76. The molecule has 1 aliphatic carbocycles. The number of carbonyl (C=O) groups is 1. The molecule has 0 atom stereocenters. The van der Waals surface area contributed by atoms with Crippen LogP contribution in [-0.4, -0.2) is 49.3 Å². The number of para-hydroxylation sites is 2. The van der Waals surface area contributed by atoms with E-state index in [-0.39, 0.29) is 152 Å². The van der Waals surface area contributed by atoms with Crippen molar-refractivity contribution in [2.75, 3.05) is 0 Å². The first kappa shape index (κ1) is 92.3. The fraction of sp³-hybridized carbons (Fsp3) is 0.0853. The Bertz CT molecular complexity index is 9190. The van der Waals surface area contributed by atoms with Crippen LogP contribution in [0.15, 0.2) is 443 Å². The Kier molecular flexibility index (Phi) is 29.6. The molecule has 0 unspecified atom stereocenters. The number of aliphatic hydroxyl groups is 1. The number of ketones is 1. The number of aryl methyl sites for hydroxylation is 4. The Labute approximate surface area is 911 Å². The third kappa shape index (κ3) is 21.7. The van der Waals surface area contributed by atoms with Crippen molar-refractivity contribution in [3.05, 3.63) is 518 Å². The molecule has 24 aromatic rings. The molecule has 27 rings (SSSR count). The van der Waals surface area contributed by atoms with Gasteiger partial charge in [-0.2, -0.15) is 8.97 Å². The Balaban J connectivity index is 0.000000126. The molecule has 0 bridgehead atoms. The molecular weight excluding hydrogens is 2490 g/mol. The van der Waals surface area contributed by atoms with E-state index in [1.54, 1.807) is 0 Å². The van der Waals surface area contributed by atoms with Gasteiger partial charge in [-0.1, -0.05) is 220 Å². The summed E-state index contributed by atoms with van der Waals surface area (Å²) in [4.78, 5) is 32.8.